The number of likely N-dealkylation sites (N-methyl/N-ethyl adjacent to an activating group) is 1. The van der Waals surface area contributed by atoms with E-state index in [1.165, 1.54) is 19.3 Å². The minimum absolute atomic E-state index is 0.0363. The van der Waals surface area contributed by atoms with Crippen LogP contribution >= 0.6 is 0 Å². The van der Waals surface area contributed by atoms with Crippen molar-refractivity contribution in [1.82, 2.24) is 24.9 Å². The lowest BCUT2D eigenvalue weighted by Crippen LogP contribution is -2.53. The number of aromatic amines is 1. The summed E-state index contributed by atoms with van der Waals surface area (Å²) in [6.07, 6.45) is 6.04. The Bertz CT molecular complexity index is 850. The van der Waals surface area contributed by atoms with Gasteiger partial charge in [0.1, 0.15) is 0 Å². The molecule has 7 nitrogen and oxygen atoms in total. The molecule has 2 aromatic rings. The van der Waals surface area contributed by atoms with Crippen molar-refractivity contribution in [1.29, 1.82) is 0 Å². The van der Waals surface area contributed by atoms with E-state index in [0.717, 1.165) is 43.4 Å². The minimum atomic E-state index is -0.0363. The van der Waals surface area contributed by atoms with Gasteiger partial charge in [0.2, 0.25) is 5.91 Å². The van der Waals surface area contributed by atoms with Gasteiger partial charge in [0.25, 0.3) is 5.91 Å². The smallest absolute Gasteiger partial charge is 0.275 e. The number of carbonyl (C=O) groups is 2. The molecule has 1 saturated heterocycles. The Kier molecular flexibility index (Phi) is 6.13. The van der Waals surface area contributed by atoms with Crippen molar-refractivity contribution < 1.29 is 9.59 Å². The Labute approximate surface area is 172 Å². The average molecular weight is 398 g/mol. The minimum Gasteiger partial charge on any atom is -0.339 e. The second-order valence-corrected chi connectivity index (χ2v) is 8.16. The molecular weight excluding hydrogens is 366 g/mol. The van der Waals surface area contributed by atoms with Gasteiger partial charge in [0, 0.05) is 44.2 Å². The highest BCUT2D eigenvalue weighted by molar-refractivity contribution is 6.04. The van der Waals surface area contributed by atoms with Crippen LogP contribution in [0.5, 0.6) is 0 Å². The molecule has 156 valence electrons. The van der Waals surface area contributed by atoms with Gasteiger partial charge in [0.05, 0.1) is 12.1 Å². The molecule has 0 radical (unpaired) electrons. The third-order valence-corrected chi connectivity index (χ3v) is 6.37. The number of para-hydroxylation sites is 1. The highest BCUT2D eigenvalue weighted by Crippen LogP contribution is 2.23. The molecule has 2 amide bonds. The van der Waals surface area contributed by atoms with Gasteiger partial charge in [-0.2, -0.15) is 5.10 Å². The second-order valence-electron chi connectivity index (χ2n) is 8.16. The Morgan fingerprint density at radius 3 is 2.55 bits per heavy atom. The summed E-state index contributed by atoms with van der Waals surface area (Å²) in [6.45, 7) is 6.03. The number of nitrogens with zero attached hydrogens (tertiary/aromatic N) is 4. The molecule has 7 heteroatoms. The molecule has 29 heavy (non-hydrogen) atoms. The van der Waals surface area contributed by atoms with Crippen LogP contribution in [0.1, 0.15) is 49.5 Å². The number of nitrogens with one attached hydrogen (secondary N) is 1. The summed E-state index contributed by atoms with van der Waals surface area (Å²) in [5.74, 6) is 0.197. The van der Waals surface area contributed by atoms with E-state index < -0.39 is 0 Å². The third kappa shape index (κ3) is 4.29. The van der Waals surface area contributed by atoms with Crippen LogP contribution in [0.25, 0.3) is 10.9 Å². The molecular formula is C22H31N5O2. The zero-order chi connectivity index (χ0) is 20.2. The number of aromatic nitrogens is 2. The number of piperazine rings is 1. The van der Waals surface area contributed by atoms with E-state index in [0.29, 0.717) is 31.4 Å². The highest BCUT2D eigenvalue weighted by Gasteiger charge is 2.29. The first-order valence-electron chi connectivity index (χ1n) is 10.9. The van der Waals surface area contributed by atoms with Gasteiger partial charge < -0.3 is 9.80 Å². The standard InChI is InChI=1S/C22H31N5O2/c1-2-27(17-8-4-3-5-9-17)20(28)16-25-12-14-26(15-13-25)22(29)21-18-10-6-7-11-19(18)23-24-21/h6-7,10-11,17H,2-5,8-9,12-16H2,1H3,(H,23,24). The van der Waals surface area contributed by atoms with Crippen LogP contribution in [0.15, 0.2) is 24.3 Å². The number of amides is 2. The maximum atomic E-state index is 12.9. The molecule has 1 aromatic heterocycles. The SMILES string of the molecule is CCN(C(=O)CN1CCN(C(=O)c2n[nH]c3ccccc23)CC1)C1CCCCC1. The van der Waals surface area contributed by atoms with Crippen LogP contribution in [0, 0.1) is 0 Å². The molecule has 0 unspecified atom stereocenters. The van der Waals surface area contributed by atoms with Crippen LogP contribution in [0.4, 0.5) is 0 Å². The molecule has 4 rings (SSSR count). The maximum absolute atomic E-state index is 12.9. The van der Waals surface area contributed by atoms with Crippen molar-refractivity contribution in [3.63, 3.8) is 0 Å². The average Bonchev–Trinajstić information content (AvgIpc) is 3.19. The summed E-state index contributed by atoms with van der Waals surface area (Å²) in [6, 6.07) is 8.11. The van der Waals surface area contributed by atoms with E-state index in [2.05, 4.69) is 26.9 Å². The zero-order valence-electron chi connectivity index (χ0n) is 17.3. The zero-order valence-corrected chi connectivity index (χ0v) is 17.3. The molecule has 1 saturated carbocycles. The largest absolute Gasteiger partial charge is 0.339 e. The quantitative estimate of drug-likeness (QED) is 0.841. The van der Waals surface area contributed by atoms with Gasteiger partial charge in [0.15, 0.2) is 5.69 Å². The Balaban J connectivity index is 1.32. The first-order chi connectivity index (χ1) is 14.2. The van der Waals surface area contributed by atoms with Gasteiger partial charge >= 0.3 is 0 Å². The van der Waals surface area contributed by atoms with Gasteiger partial charge in [-0.3, -0.25) is 19.6 Å². The molecule has 0 atom stereocenters. The number of H-pyrrole nitrogens is 1. The van der Waals surface area contributed by atoms with Gasteiger partial charge in [-0.25, -0.2) is 0 Å². The molecule has 1 aromatic carbocycles. The fourth-order valence-corrected chi connectivity index (χ4v) is 4.70. The fourth-order valence-electron chi connectivity index (χ4n) is 4.70. The van der Waals surface area contributed by atoms with Crippen LogP contribution in [-0.2, 0) is 4.79 Å². The number of hydrogen-bond acceptors (Lipinski definition) is 4. The van der Waals surface area contributed by atoms with Crippen molar-refractivity contribution in [3.8, 4) is 0 Å². The van der Waals surface area contributed by atoms with E-state index in [-0.39, 0.29) is 11.8 Å². The monoisotopic (exact) mass is 397 g/mol. The first-order valence-corrected chi connectivity index (χ1v) is 10.9. The van der Waals surface area contributed by atoms with E-state index >= 15 is 0 Å². The van der Waals surface area contributed by atoms with E-state index in [9.17, 15) is 9.59 Å². The number of rotatable bonds is 5. The topological polar surface area (TPSA) is 72.5 Å². The normalized spacial score (nSPS) is 18.9. The van der Waals surface area contributed by atoms with Crippen molar-refractivity contribution in [2.75, 3.05) is 39.3 Å². The predicted molar refractivity (Wildman–Crippen MR) is 113 cm³/mol. The highest BCUT2D eigenvalue weighted by atomic mass is 16.2. The first kappa shape index (κ1) is 19.9. The molecule has 0 spiro atoms. The third-order valence-electron chi connectivity index (χ3n) is 6.37. The molecule has 1 aliphatic carbocycles. The summed E-state index contributed by atoms with van der Waals surface area (Å²) < 4.78 is 0. The predicted octanol–water partition coefficient (Wildman–Crippen LogP) is 2.50. The van der Waals surface area contributed by atoms with Crippen LogP contribution in [0.2, 0.25) is 0 Å². The van der Waals surface area contributed by atoms with Gasteiger partial charge in [-0.1, -0.05) is 37.5 Å². The number of benzene rings is 1. The summed E-state index contributed by atoms with van der Waals surface area (Å²) >= 11 is 0. The van der Waals surface area contributed by atoms with Crippen LogP contribution < -0.4 is 0 Å². The molecule has 2 heterocycles. The van der Waals surface area contributed by atoms with Gasteiger partial charge in [-0.05, 0) is 25.8 Å². The lowest BCUT2D eigenvalue weighted by molar-refractivity contribution is -0.135. The van der Waals surface area contributed by atoms with E-state index in [1.807, 2.05) is 29.2 Å². The van der Waals surface area contributed by atoms with Gasteiger partial charge in [-0.15, -0.1) is 0 Å². The summed E-state index contributed by atoms with van der Waals surface area (Å²) in [4.78, 5) is 31.9. The lowest BCUT2D eigenvalue weighted by atomic mass is 9.94. The molecule has 2 aliphatic rings. The van der Waals surface area contributed by atoms with Crippen molar-refractivity contribution in [2.24, 2.45) is 0 Å². The number of hydrogen-bond donors (Lipinski definition) is 1. The summed E-state index contributed by atoms with van der Waals surface area (Å²) in [5, 5.41) is 8.03. The van der Waals surface area contributed by atoms with Crippen molar-refractivity contribution >= 4 is 22.7 Å². The van der Waals surface area contributed by atoms with Crippen molar-refractivity contribution in [2.45, 2.75) is 45.1 Å². The Hall–Kier alpha value is -2.41. The van der Waals surface area contributed by atoms with E-state index in [1.54, 1.807) is 0 Å². The molecule has 1 N–H and O–H groups in total. The summed E-state index contributed by atoms with van der Waals surface area (Å²) in [5.41, 5.74) is 1.36. The molecule has 2 fully saturated rings. The number of fused-ring (bicyclic) bond motifs is 1. The fraction of sp³-hybridized carbons (Fsp3) is 0.591. The number of carbonyl (C=O) groups excluding carboxylic acids is 2. The van der Waals surface area contributed by atoms with Crippen LogP contribution in [0.3, 0.4) is 0 Å². The van der Waals surface area contributed by atoms with Crippen LogP contribution in [-0.4, -0.2) is 82.0 Å². The molecule has 0 bridgehead atoms. The second kappa shape index (κ2) is 8.95. The Morgan fingerprint density at radius 1 is 1.10 bits per heavy atom. The molecule has 1 aliphatic heterocycles. The lowest BCUT2D eigenvalue weighted by Gasteiger charge is -2.37. The Morgan fingerprint density at radius 2 is 1.83 bits per heavy atom. The van der Waals surface area contributed by atoms with E-state index in [4.69, 9.17) is 0 Å². The summed E-state index contributed by atoms with van der Waals surface area (Å²) in [7, 11) is 0. The maximum Gasteiger partial charge on any atom is 0.275 e. The van der Waals surface area contributed by atoms with Crippen molar-refractivity contribution in [3.05, 3.63) is 30.0 Å².